The van der Waals surface area contributed by atoms with Gasteiger partial charge < -0.3 is 9.26 Å². The molecule has 0 aliphatic rings. The molecular formula is C15H14BrN3O2. The quantitative estimate of drug-likeness (QED) is 0.720. The standard InChI is InChI=1S/C15H14BrN3O2/c1-9-14(10(2)21-18-9)19-13(16)8-17-15(19)11-4-6-12(20-3)7-5-11/h4-8H,1-3H3. The highest BCUT2D eigenvalue weighted by Crippen LogP contribution is 2.31. The zero-order chi connectivity index (χ0) is 15.0. The normalized spacial score (nSPS) is 10.9. The fraction of sp³-hybridized carbons (Fsp3) is 0.200. The number of hydrogen-bond donors (Lipinski definition) is 0. The predicted octanol–water partition coefficient (Wildman–Crippen LogP) is 3.92. The summed E-state index contributed by atoms with van der Waals surface area (Å²) >= 11 is 3.54. The molecule has 3 aromatic rings. The number of aromatic nitrogens is 3. The topological polar surface area (TPSA) is 53.1 Å². The van der Waals surface area contributed by atoms with Crippen LogP contribution >= 0.6 is 15.9 Å². The van der Waals surface area contributed by atoms with Gasteiger partial charge in [0.25, 0.3) is 0 Å². The third-order valence-corrected chi connectivity index (χ3v) is 3.85. The van der Waals surface area contributed by atoms with E-state index in [1.807, 2.05) is 42.7 Å². The van der Waals surface area contributed by atoms with Crippen LogP contribution in [0.4, 0.5) is 0 Å². The Kier molecular flexibility index (Phi) is 3.55. The number of aryl methyl sites for hydroxylation is 2. The van der Waals surface area contributed by atoms with Gasteiger partial charge in [-0.1, -0.05) is 5.16 Å². The molecule has 0 spiro atoms. The lowest BCUT2D eigenvalue weighted by Crippen LogP contribution is -2.00. The van der Waals surface area contributed by atoms with E-state index in [9.17, 15) is 0 Å². The van der Waals surface area contributed by atoms with Gasteiger partial charge in [-0.3, -0.25) is 4.57 Å². The summed E-state index contributed by atoms with van der Waals surface area (Å²) in [4.78, 5) is 4.49. The van der Waals surface area contributed by atoms with Crippen molar-refractivity contribution in [1.29, 1.82) is 0 Å². The van der Waals surface area contributed by atoms with E-state index < -0.39 is 0 Å². The van der Waals surface area contributed by atoms with Crippen LogP contribution in [0.2, 0.25) is 0 Å². The Morgan fingerprint density at radius 1 is 1.19 bits per heavy atom. The number of ether oxygens (including phenoxy) is 1. The van der Waals surface area contributed by atoms with Crippen LogP contribution in [0.15, 0.2) is 39.6 Å². The Morgan fingerprint density at radius 2 is 1.90 bits per heavy atom. The minimum Gasteiger partial charge on any atom is -0.497 e. The molecule has 0 fully saturated rings. The lowest BCUT2D eigenvalue weighted by molar-refractivity contribution is 0.393. The van der Waals surface area contributed by atoms with Crippen LogP contribution in [0.3, 0.4) is 0 Å². The molecule has 0 radical (unpaired) electrons. The molecule has 0 aliphatic carbocycles. The summed E-state index contributed by atoms with van der Waals surface area (Å²) in [5.74, 6) is 2.38. The Morgan fingerprint density at radius 3 is 2.48 bits per heavy atom. The summed E-state index contributed by atoms with van der Waals surface area (Å²) in [6.07, 6.45) is 1.77. The van der Waals surface area contributed by atoms with Gasteiger partial charge in [0.15, 0.2) is 5.76 Å². The lowest BCUT2D eigenvalue weighted by Gasteiger charge is -2.09. The zero-order valence-electron chi connectivity index (χ0n) is 11.9. The number of halogens is 1. The number of benzene rings is 1. The van der Waals surface area contributed by atoms with Gasteiger partial charge in [-0.15, -0.1) is 0 Å². The Hall–Kier alpha value is -2.08. The Bertz CT molecular complexity index is 755. The second kappa shape index (κ2) is 5.37. The van der Waals surface area contributed by atoms with Gasteiger partial charge in [-0.25, -0.2) is 4.98 Å². The molecule has 0 aliphatic heterocycles. The fourth-order valence-corrected chi connectivity index (χ4v) is 2.73. The first kappa shape index (κ1) is 13.9. The molecule has 2 aromatic heterocycles. The molecule has 1 aromatic carbocycles. The van der Waals surface area contributed by atoms with Gasteiger partial charge in [-0.05, 0) is 54.0 Å². The molecule has 108 valence electrons. The van der Waals surface area contributed by atoms with E-state index in [2.05, 4.69) is 26.1 Å². The van der Waals surface area contributed by atoms with Crippen LogP contribution in [0, 0.1) is 13.8 Å². The second-order valence-corrected chi connectivity index (χ2v) is 5.45. The number of rotatable bonds is 3. The van der Waals surface area contributed by atoms with E-state index in [1.54, 1.807) is 13.3 Å². The van der Waals surface area contributed by atoms with E-state index in [1.165, 1.54) is 0 Å². The van der Waals surface area contributed by atoms with Crippen molar-refractivity contribution in [2.75, 3.05) is 7.11 Å². The summed E-state index contributed by atoms with van der Waals surface area (Å²) in [6.45, 7) is 3.80. The van der Waals surface area contributed by atoms with E-state index >= 15 is 0 Å². The van der Waals surface area contributed by atoms with Crippen molar-refractivity contribution in [3.05, 3.63) is 46.5 Å². The van der Waals surface area contributed by atoms with E-state index in [4.69, 9.17) is 9.26 Å². The third kappa shape index (κ3) is 2.35. The van der Waals surface area contributed by atoms with Crippen LogP contribution in [-0.2, 0) is 0 Å². The molecule has 5 nitrogen and oxygen atoms in total. The maximum Gasteiger partial charge on any atom is 0.157 e. The molecule has 3 rings (SSSR count). The summed E-state index contributed by atoms with van der Waals surface area (Å²) in [5.41, 5.74) is 2.72. The summed E-state index contributed by atoms with van der Waals surface area (Å²) in [5, 5.41) is 4.01. The molecular weight excluding hydrogens is 334 g/mol. The molecule has 2 heterocycles. The number of nitrogens with zero attached hydrogens (tertiary/aromatic N) is 3. The SMILES string of the molecule is COc1ccc(-c2ncc(Br)n2-c2c(C)noc2C)cc1. The Balaban J connectivity index is 2.17. The molecule has 0 atom stereocenters. The van der Waals surface area contributed by atoms with Crippen LogP contribution in [0.25, 0.3) is 17.1 Å². The average Bonchev–Trinajstić information content (AvgIpc) is 3.02. The minimum atomic E-state index is 0.751. The van der Waals surface area contributed by atoms with Gasteiger partial charge in [-0.2, -0.15) is 0 Å². The summed E-state index contributed by atoms with van der Waals surface area (Å²) < 4.78 is 13.3. The fourth-order valence-electron chi connectivity index (χ4n) is 2.28. The van der Waals surface area contributed by atoms with Crippen LogP contribution in [-0.4, -0.2) is 21.8 Å². The van der Waals surface area contributed by atoms with Gasteiger partial charge >= 0.3 is 0 Å². The average molecular weight is 348 g/mol. The van der Waals surface area contributed by atoms with Gasteiger partial charge in [0.1, 0.15) is 27.6 Å². The van der Waals surface area contributed by atoms with Crippen molar-refractivity contribution in [3.8, 4) is 22.8 Å². The van der Waals surface area contributed by atoms with E-state index in [-0.39, 0.29) is 0 Å². The second-order valence-electron chi connectivity index (χ2n) is 4.64. The zero-order valence-corrected chi connectivity index (χ0v) is 13.5. The minimum absolute atomic E-state index is 0.751. The Labute approximate surface area is 130 Å². The van der Waals surface area contributed by atoms with Crippen LogP contribution in [0.1, 0.15) is 11.5 Å². The number of hydrogen-bond acceptors (Lipinski definition) is 4. The van der Waals surface area contributed by atoms with Crippen molar-refractivity contribution >= 4 is 15.9 Å². The number of methoxy groups -OCH3 is 1. The monoisotopic (exact) mass is 347 g/mol. The van der Waals surface area contributed by atoms with Crippen molar-refractivity contribution in [1.82, 2.24) is 14.7 Å². The molecule has 21 heavy (non-hydrogen) atoms. The molecule has 0 saturated carbocycles. The maximum absolute atomic E-state index is 5.26. The highest BCUT2D eigenvalue weighted by molar-refractivity contribution is 9.10. The lowest BCUT2D eigenvalue weighted by atomic mass is 10.2. The first-order valence-electron chi connectivity index (χ1n) is 6.42. The van der Waals surface area contributed by atoms with Crippen molar-refractivity contribution in [2.45, 2.75) is 13.8 Å². The van der Waals surface area contributed by atoms with Crippen molar-refractivity contribution in [2.24, 2.45) is 0 Å². The molecule has 0 bridgehead atoms. The first-order chi connectivity index (χ1) is 10.1. The predicted molar refractivity (Wildman–Crippen MR) is 82.8 cm³/mol. The molecule has 6 heteroatoms. The molecule has 0 saturated heterocycles. The largest absolute Gasteiger partial charge is 0.497 e. The highest BCUT2D eigenvalue weighted by Gasteiger charge is 2.19. The molecule has 0 N–H and O–H groups in total. The third-order valence-electron chi connectivity index (χ3n) is 3.29. The molecule has 0 unspecified atom stereocenters. The summed E-state index contributed by atoms with van der Waals surface area (Å²) in [7, 11) is 1.65. The van der Waals surface area contributed by atoms with Crippen LogP contribution in [0.5, 0.6) is 5.75 Å². The molecule has 0 amide bonds. The first-order valence-corrected chi connectivity index (χ1v) is 7.22. The smallest absolute Gasteiger partial charge is 0.157 e. The maximum atomic E-state index is 5.26. The van der Waals surface area contributed by atoms with E-state index in [0.29, 0.717) is 0 Å². The van der Waals surface area contributed by atoms with Gasteiger partial charge in [0, 0.05) is 5.56 Å². The number of imidazole rings is 1. The summed E-state index contributed by atoms with van der Waals surface area (Å²) in [6, 6.07) is 7.77. The van der Waals surface area contributed by atoms with Gasteiger partial charge in [0.2, 0.25) is 0 Å². The van der Waals surface area contributed by atoms with E-state index in [0.717, 1.165) is 38.9 Å². The highest BCUT2D eigenvalue weighted by atomic mass is 79.9. The van der Waals surface area contributed by atoms with Gasteiger partial charge in [0.05, 0.1) is 13.3 Å². The van der Waals surface area contributed by atoms with Crippen molar-refractivity contribution in [3.63, 3.8) is 0 Å². The van der Waals surface area contributed by atoms with Crippen molar-refractivity contribution < 1.29 is 9.26 Å². The van der Waals surface area contributed by atoms with Crippen LogP contribution < -0.4 is 4.74 Å².